The number of nitrogens with zero attached hydrogens (tertiary/aromatic N) is 4. The molecule has 1 saturated heterocycles. The van der Waals surface area contributed by atoms with E-state index in [0.717, 1.165) is 17.9 Å². The van der Waals surface area contributed by atoms with Crippen LogP contribution < -0.4 is 0 Å². The smallest absolute Gasteiger partial charge is 0.155 e. The van der Waals surface area contributed by atoms with Gasteiger partial charge in [-0.05, 0) is 57.4 Å². The van der Waals surface area contributed by atoms with Crippen molar-refractivity contribution in [3.8, 4) is 0 Å². The molecule has 19 heavy (non-hydrogen) atoms. The van der Waals surface area contributed by atoms with Crippen molar-refractivity contribution in [3.05, 3.63) is 29.7 Å². The summed E-state index contributed by atoms with van der Waals surface area (Å²) < 4.78 is 1.89. The van der Waals surface area contributed by atoms with Gasteiger partial charge in [0.2, 0.25) is 0 Å². The Labute approximate surface area is 114 Å². The van der Waals surface area contributed by atoms with E-state index in [-0.39, 0.29) is 0 Å². The monoisotopic (exact) mass is 258 g/mol. The molecule has 2 aromatic rings. The fraction of sp³-hybridized carbons (Fsp3) is 0.600. The average Bonchev–Trinajstić information content (AvgIpc) is 2.95. The molecule has 0 radical (unpaired) electrons. The van der Waals surface area contributed by atoms with Crippen LogP contribution in [0.15, 0.2) is 18.3 Å². The minimum Gasteiger partial charge on any atom is -0.301 e. The van der Waals surface area contributed by atoms with Crippen molar-refractivity contribution in [3.63, 3.8) is 0 Å². The number of aromatic nitrogens is 3. The largest absolute Gasteiger partial charge is 0.301 e. The van der Waals surface area contributed by atoms with Gasteiger partial charge in [-0.1, -0.05) is 0 Å². The highest BCUT2D eigenvalue weighted by atomic mass is 15.3. The van der Waals surface area contributed by atoms with E-state index in [2.05, 4.69) is 47.9 Å². The van der Waals surface area contributed by atoms with Gasteiger partial charge in [0.1, 0.15) is 0 Å². The Bertz CT molecular complexity index is 573. The van der Waals surface area contributed by atoms with Crippen molar-refractivity contribution < 1.29 is 0 Å². The van der Waals surface area contributed by atoms with Gasteiger partial charge in [0.15, 0.2) is 11.5 Å². The van der Waals surface area contributed by atoms with Crippen LogP contribution in [0.25, 0.3) is 5.65 Å². The normalized spacial score (nSPS) is 20.7. The number of fused-ring (bicyclic) bond motifs is 1. The van der Waals surface area contributed by atoms with E-state index < -0.39 is 0 Å². The molecule has 0 bridgehead atoms. The van der Waals surface area contributed by atoms with E-state index in [1.165, 1.54) is 25.1 Å². The summed E-state index contributed by atoms with van der Waals surface area (Å²) in [7, 11) is 0. The van der Waals surface area contributed by atoms with Gasteiger partial charge in [0, 0.05) is 25.2 Å². The molecule has 1 aliphatic rings. The van der Waals surface area contributed by atoms with E-state index in [0.29, 0.717) is 12.0 Å². The topological polar surface area (TPSA) is 33.4 Å². The molecule has 0 aromatic carbocycles. The predicted molar refractivity (Wildman–Crippen MR) is 76.2 cm³/mol. The lowest BCUT2D eigenvalue weighted by Gasteiger charge is -2.19. The Kier molecular flexibility index (Phi) is 3.27. The Hall–Kier alpha value is -1.42. The molecule has 1 aliphatic heterocycles. The summed E-state index contributed by atoms with van der Waals surface area (Å²) in [6, 6.07) is 4.81. The molecule has 1 atom stereocenters. The maximum Gasteiger partial charge on any atom is 0.155 e. The molecular weight excluding hydrogens is 236 g/mol. The highest BCUT2D eigenvalue weighted by molar-refractivity contribution is 5.39. The molecule has 4 nitrogen and oxygen atoms in total. The van der Waals surface area contributed by atoms with Crippen molar-refractivity contribution in [2.75, 3.05) is 13.1 Å². The van der Waals surface area contributed by atoms with Crippen LogP contribution in [0.1, 0.15) is 31.7 Å². The van der Waals surface area contributed by atoms with E-state index in [4.69, 9.17) is 0 Å². The van der Waals surface area contributed by atoms with Crippen LogP contribution in [-0.2, 0) is 6.42 Å². The van der Waals surface area contributed by atoms with Crippen LogP contribution in [0, 0.1) is 12.8 Å². The molecule has 0 spiro atoms. The van der Waals surface area contributed by atoms with E-state index in [1.54, 1.807) is 0 Å². The first-order chi connectivity index (χ1) is 9.11. The Morgan fingerprint density at radius 3 is 3.00 bits per heavy atom. The molecule has 2 aromatic heterocycles. The van der Waals surface area contributed by atoms with Crippen LogP contribution in [0.3, 0.4) is 0 Å². The van der Waals surface area contributed by atoms with Crippen molar-refractivity contribution >= 4 is 5.65 Å². The summed E-state index contributed by atoms with van der Waals surface area (Å²) in [5, 5.41) is 4.57. The van der Waals surface area contributed by atoms with Gasteiger partial charge in [-0.3, -0.25) is 0 Å². The fourth-order valence-electron chi connectivity index (χ4n) is 2.87. The lowest BCUT2D eigenvalue weighted by Crippen LogP contribution is -2.28. The average molecular weight is 258 g/mol. The van der Waals surface area contributed by atoms with Crippen molar-refractivity contribution in [2.24, 2.45) is 5.92 Å². The summed E-state index contributed by atoms with van der Waals surface area (Å²) in [6.07, 6.45) is 4.27. The van der Waals surface area contributed by atoms with Crippen molar-refractivity contribution in [1.82, 2.24) is 19.5 Å². The molecule has 3 rings (SSSR count). The standard InChI is InChI=1S/C15H22N4/c1-11(2)18-6-5-13(10-18)9-14-16-15-8-12(3)4-7-19(15)17-14/h4,7-8,11,13H,5-6,9-10H2,1-3H3. The second-order valence-corrected chi connectivity index (χ2v) is 5.98. The molecule has 3 heterocycles. The maximum atomic E-state index is 4.64. The molecule has 4 heteroatoms. The third kappa shape index (κ3) is 2.63. The number of rotatable bonds is 3. The summed E-state index contributed by atoms with van der Waals surface area (Å²) >= 11 is 0. The van der Waals surface area contributed by atoms with Crippen molar-refractivity contribution in [1.29, 1.82) is 0 Å². The number of pyridine rings is 1. The minimum absolute atomic E-state index is 0.654. The lowest BCUT2D eigenvalue weighted by atomic mass is 10.1. The Morgan fingerprint density at radius 1 is 1.42 bits per heavy atom. The van der Waals surface area contributed by atoms with E-state index >= 15 is 0 Å². The zero-order valence-corrected chi connectivity index (χ0v) is 12.0. The zero-order chi connectivity index (χ0) is 13.4. The van der Waals surface area contributed by atoms with Gasteiger partial charge in [-0.25, -0.2) is 9.50 Å². The molecule has 102 valence electrons. The zero-order valence-electron chi connectivity index (χ0n) is 12.0. The molecule has 0 aliphatic carbocycles. The summed E-state index contributed by atoms with van der Waals surface area (Å²) in [5.41, 5.74) is 2.20. The summed E-state index contributed by atoms with van der Waals surface area (Å²) in [4.78, 5) is 7.19. The van der Waals surface area contributed by atoms with Gasteiger partial charge < -0.3 is 4.90 Å². The second kappa shape index (κ2) is 4.93. The van der Waals surface area contributed by atoms with E-state index in [1.807, 2.05) is 10.7 Å². The van der Waals surface area contributed by atoms with E-state index in [9.17, 15) is 0 Å². The number of aryl methyl sites for hydroxylation is 1. The highest BCUT2D eigenvalue weighted by Crippen LogP contribution is 2.21. The van der Waals surface area contributed by atoms with Gasteiger partial charge in [-0.2, -0.15) is 5.10 Å². The predicted octanol–water partition coefficient (Wildman–Crippen LogP) is 2.31. The van der Waals surface area contributed by atoms with Crippen molar-refractivity contribution in [2.45, 2.75) is 39.7 Å². The Morgan fingerprint density at radius 2 is 2.26 bits per heavy atom. The third-order valence-corrected chi connectivity index (χ3v) is 4.06. The van der Waals surface area contributed by atoms with Crippen LogP contribution >= 0.6 is 0 Å². The van der Waals surface area contributed by atoms with Gasteiger partial charge in [0.25, 0.3) is 0 Å². The Balaban J connectivity index is 1.72. The number of hydrogen-bond donors (Lipinski definition) is 0. The molecule has 0 amide bonds. The van der Waals surface area contributed by atoms with Crippen LogP contribution in [-0.4, -0.2) is 38.6 Å². The number of likely N-dealkylation sites (tertiary alicyclic amines) is 1. The second-order valence-electron chi connectivity index (χ2n) is 5.98. The van der Waals surface area contributed by atoms with Gasteiger partial charge in [-0.15, -0.1) is 0 Å². The third-order valence-electron chi connectivity index (χ3n) is 4.06. The fourth-order valence-corrected chi connectivity index (χ4v) is 2.87. The van der Waals surface area contributed by atoms with Gasteiger partial charge >= 0.3 is 0 Å². The SMILES string of the molecule is Cc1ccn2nc(CC3CCN(C(C)C)C3)nc2c1. The first-order valence-corrected chi connectivity index (χ1v) is 7.18. The molecule has 0 N–H and O–H groups in total. The molecule has 0 saturated carbocycles. The molecular formula is C15H22N4. The number of hydrogen-bond acceptors (Lipinski definition) is 3. The first kappa shape index (κ1) is 12.6. The van der Waals surface area contributed by atoms with Crippen LogP contribution in [0.2, 0.25) is 0 Å². The minimum atomic E-state index is 0.654. The maximum absolute atomic E-state index is 4.64. The summed E-state index contributed by atoms with van der Waals surface area (Å²) in [5.74, 6) is 1.70. The first-order valence-electron chi connectivity index (χ1n) is 7.18. The van der Waals surface area contributed by atoms with Gasteiger partial charge in [0.05, 0.1) is 0 Å². The quantitative estimate of drug-likeness (QED) is 0.847. The lowest BCUT2D eigenvalue weighted by molar-refractivity contribution is 0.264. The summed E-state index contributed by atoms with van der Waals surface area (Å²) in [6.45, 7) is 9.04. The highest BCUT2D eigenvalue weighted by Gasteiger charge is 2.25. The van der Waals surface area contributed by atoms with Crippen LogP contribution in [0.5, 0.6) is 0 Å². The molecule has 1 unspecified atom stereocenters. The molecule has 1 fully saturated rings. The van der Waals surface area contributed by atoms with Crippen LogP contribution in [0.4, 0.5) is 0 Å².